The molecule has 0 spiro atoms. The molecule has 25 heavy (non-hydrogen) atoms. The lowest BCUT2D eigenvalue weighted by Gasteiger charge is -2.15. The van der Waals surface area contributed by atoms with Crippen molar-refractivity contribution in [1.82, 2.24) is 4.72 Å². The Hall–Kier alpha value is -2.22. The average molecular weight is 363 g/mol. The van der Waals surface area contributed by atoms with Gasteiger partial charge in [-0.3, -0.25) is 4.79 Å². The summed E-state index contributed by atoms with van der Waals surface area (Å²) in [4.78, 5) is 11.5. The summed E-state index contributed by atoms with van der Waals surface area (Å²) < 4.78 is 32.2. The van der Waals surface area contributed by atoms with Crippen molar-refractivity contribution in [2.75, 3.05) is 13.7 Å². The summed E-state index contributed by atoms with van der Waals surface area (Å²) in [6.07, 6.45) is 0.747. The van der Waals surface area contributed by atoms with Gasteiger partial charge in [0.2, 0.25) is 10.0 Å². The van der Waals surface area contributed by atoms with E-state index in [1.807, 2.05) is 6.07 Å². The molecule has 0 aliphatic heterocycles. The fourth-order valence-corrected chi connectivity index (χ4v) is 3.53. The van der Waals surface area contributed by atoms with Crippen LogP contribution in [-0.4, -0.2) is 39.3 Å². The summed E-state index contributed by atoms with van der Waals surface area (Å²) in [5.41, 5.74) is 1.69. The highest BCUT2D eigenvalue weighted by Crippen LogP contribution is 2.13. The minimum absolute atomic E-state index is 0.0352. The number of carboxylic acid groups (broad SMARTS) is 1. The highest BCUT2D eigenvalue weighted by Gasteiger charge is 2.25. The van der Waals surface area contributed by atoms with E-state index in [9.17, 15) is 18.3 Å². The van der Waals surface area contributed by atoms with Crippen LogP contribution in [0.3, 0.4) is 0 Å². The van der Waals surface area contributed by atoms with Gasteiger partial charge in [0.25, 0.3) is 0 Å². The van der Waals surface area contributed by atoms with Crippen molar-refractivity contribution in [3.63, 3.8) is 0 Å². The second-order valence-electron chi connectivity index (χ2n) is 5.59. The van der Waals surface area contributed by atoms with Gasteiger partial charge in [0, 0.05) is 7.11 Å². The standard InChI is InChI=1S/C18H21NO5S/c1-24-12-11-14-7-9-16(10-8-14)25(22,23)19-17(18(20)21)13-15-5-3-2-4-6-15/h2-10,17,19H,11-13H2,1H3,(H,20,21)/t17-/m1/s1. The molecule has 2 aromatic rings. The quantitative estimate of drug-likeness (QED) is 0.709. The van der Waals surface area contributed by atoms with Crippen LogP contribution in [0.5, 0.6) is 0 Å². The lowest BCUT2D eigenvalue weighted by molar-refractivity contribution is -0.138. The Morgan fingerprint density at radius 3 is 2.28 bits per heavy atom. The number of sulfonamides is 1. The summed E-state index contributed by atoms with van der Waals surface area (Å²) >= 11 is 0. The van der Waals surface area contributed by atoms with Gasteiger partial charge in [-0.15, -0.1) is 0 Å². The molecule has 0 bridgehead atoms. The zero-order valence-corrected chi connectivity index (χ0v) is 14.7. The van der Waals surface area contributed by atoms with E-state index in [1.54, 1.807) is 43.5 Å². The van der Waals surface area contributed by atoms with Crippen LogP contribution in [0.4, 0.5) is 0 Å². The number of methoxy groups -OCH3 is 1. The van der Waals surface area contributed by atoms with Gasteiger partial charge in [-0.2, -0.15) is 4.72 Å². The van der Waals surface area contributed by atoms with Crippen molar-refractivity contribution < 1.29 is 23.1 Å². The van der Waals surface area contributed by atoms with Gasteiger partial charge in [-0.25, -0.2) is 8.42 Å². The SMILES string of the molecule is COCCc1ccc(S(=O)(=O)N[C@H](Cc2ccccc2)C(=O)O)cc1. The van der Waals surface area contributed by atoms with Crippen LogP contribution in [0.1, 0.15) is 11.1 Å². The van der Waals surface area contributed by atoms with Crippen LogP contribution in [0.2, 0.25) is 0 Å². The molecule has 1 atom stereocenters. The van der Waals surface area contributed by atoms with Gasteiger partial charge in [-0.05, 0) is 36.1 Å². The topological polar surface area (TPSA) is 92.7 Å². The first kappa shape index (κ1) is 19.1. The molecule has 0 aliphatic carbocycles. The Kier molecular flexibility index (Phi) is 6.69. The first-order valence-corrected chi connectivity index (χ1v) is 9.27. The molecule has 0 fully saturated rings. The smallest absolute Gasteiger partial charge is 0.322 e. The summed E-state index contributed by atoms with van der Waals surface area (Å²) in [7, 11) is -2.33. The predicted molar refractivity (Wildman–Crippen MR) is 93.9 cm³/mol. The van der Waals surface area contributed by atoms with E-state index < -0.39 is 22.0 Å². The fourth-order valence-electron chi connectivity index (χ4n) is 2.34. The van der Waals surface area contributed by atoms with E-state index in [4.69, 9.17) is 4.74 Å². The third-order valence-corrected chi connectivity index (χ3v) is 5.19. The predicted octanol–water partition coefficient (Wildman–Crippen LogP) is 1.85. The molecule has 7 heteroatoms. The minimum atomic E-state index is -3.92. The van der Waals surface area contributed by atoms with Crippen molar-refractivity contribution in [3.05, 3.63) is 65.7 Å². The second-order valence-corrected chi connectivity index (χ2v) is 7.30. The number of ether oxygens (including phenoxy) is 1. The van der Waals surface area contributed by atoms with Crippen LogP contribution in [0, 0.1) is 0 Å². The van der Waals surface area contributed by atoms with Gasteiger partial charge >= 0.3 is 5.97 Å². The van der Waals surface area contributed by atoms with Gasteiger partial charge in [-0.1, -0.05) is 42.5 Å². The Bertz CT molecular complexity index is 788. The monoisotopic (exact) mass is 363 g/mol. The zero-order chi connectivity index (χ0) is 18.3. The van der Waals surface area contributed by atoms with Gasteiger partial charge in [0.1, 0.15) is 6.04 Å². The number of nitrogens with one attached hydrogen (secondary N) is 1. The lowest BCUT2D eigenvalue weighted by Crippen LogP contribution is -2.42. The fraction of sp³-hybridized carbons (Fsp3) is 0.278. The molecule has 0 saturated carbocycles. The Morgan fingerprint density at radius 1 is 1.08 bits per heavy atom. The van der Waals surface area contributed by atoms with E-state index in [1.165, 1.54) is 12.1 Å². The maximum absolute atomic E-state index is 12.5. The van der Waals surface area contributed by atoms with E-state index in [0.29, 0.717) is 13.0 Å². The molecular weight excluding hydrogens is 342 g/mol. The van der Waals surface area contributed by atoms with E-state index in [2.05, 4.69) is 4.72 Å². The molecule has 0 heterocycles. The van der Waals surface area contributed by atoms with Crippen molar-refractivity contribution >= 4 is 16.0 Å². The number of benzene rings is 2. The number of hydrogen-bond acceptors (Lipinski definition) is 4. The van der Waals surface area contributed by atoms with E-state index in [0.717, 1.165) is 11.1 Å². The Balaban J connectivity index is 2.12. The van der Waals surface area contributed by atoms with Crippen LogP contribution < -0.4 is 4.72 Å². The first-order valence-electron chi connectivity index (χ1n) is 7.79. The van der Waals surface area contributed by atoms with Gasteiger partial charge < -0.3 is 9.84 Å². The third kappa shape index (κ3) is 5.67. The lowest BCUT2D eigenvalue weighted by atomic mass is 10.1. The normalized spacial score (nSPS) is 12.7. The van der Waals surface area contributed by atoms with Crippen LogP contribution in [0.15, 0.2) is 59.5 Å². The summed E-state index contributed by atoms with van der Waals surface area (Å²) in [5.74, 6) is -1.22. The van der Waals surface area contributed by atoms with E-state index >= 15 is 0 Å². The van der Waals surface area contributed by atoms with E-state index in [-0.39, 0.29) is 11.3 Å². The van der Waals surface area contributed by atoms with Crippen LogP contribution >= 0.6 is 0 Å². The molecule has 6 nitrogen and oxygen atoms in total. The van der Waals surface area contributed by atoms with Crippen LogP contribution in [-0.2, 0) is 32.4 Å². The largest absolute Gasteiger partial charge is 0.480 e. The molecule has 2 N–H and O–H groups in total. The number of carbonyl (C=O) groups is 1. The molecule has 2 rings (SSSR count). The Labute approximate surface area is 147 Å². The second kappa shape index (κ2) is 8.75. The number of carboxylic acids is 1. The van der Waals surface area contributed by atoms with Crippen molar-refractivity contribution in [2.45, 2.75) is 23.8 Å². The summed E-state index contributed by atoms with van der Waals surface area (Å²) in [6, 6.07) is 14.0. The average Bonchev–Trinajstić information content (AvgIpc) is 2.60. The molecular formula is C18H21NO5S. The Morgan fingerprint density at radius 2 is 1.72 bits per heavy atom. The number of aliphatic carboxylic acids is 1. The third-order valence-electron chi connectivity index (χ3n) is 3.71. The molecule has 0 radical (unpaired) electrons. The molecule has 0 saturated heterocycles. The van der Waals surface area contributed by atoms with Crippen molar-refractivity contribution in [1.29, 1.82) is 0 Å². The van der Waals surface area contributed by atoms with Gasteiger partial charge in [0.05, 0.1) is 11.5 Å². The van der Waals surface area contributed by atoms with Crippen molar-refractivity contribution in [2.24, 2.45) is 0 Å². The highest BCUT2D eigenvalue weighted by molar-refractivity contribution is 7.89. The molecule has 0 amide bonds. The van der Waals surface area contributed by atoms with Crippen molar-refractivity contribution in [3.8, 4) is 0 Å². The minimum Gasteiger partial charge on any atom is -0.480 e. The molecule has 0 aliphatic rings. The molecule has 0 unspecified atom stereocenters. The number of rotatable bonds is 9. The molecule has 2 aromatic carbocycles. The maximum atomic E-state index is 12.5. The summed E-state index contributed by atoms with van der Waals surface area (Å²) in [6.45, 7) is 0.544. The maximum Gasteiger partial charge on any atom is 0.322 e. The molecule has 0 aromatic heterocycles. The van der Waals surface area contributed by atoms with Crippen LogP contribution in [0.25, 0.3) is 0 Å². The zero-order valence-electron chi connectivity index (χ0n) is 13.9. The highest BCUT2D eigenvalue weighted by atomic mass is 32.2. The summed E-state index contributed by atoms with van der Waals surface area (Å²) in [5, 5.41) is 9.35. The van der Waals surface area contributed by atoms with Gasteiger partial charge in [0.15, 0.2) is 0 Å². The number of hydrogen-bond donors (Lipinski definition) is 2. The molecule has 134 valence electrons. The first-order chi connectivity index (χ1) is 11.9.